The Morgan fingerprint density at radius 1 is 1.22 bits per heavy atom. The van der Waals surface area contributed by atoms with Crippen LogP contribution >= 0.6 is 11.6 Å². The lowest BCUT2D eigenvalue weighted by Gasteiger charge is -2.32. The van der Waals surface area contributed by atoms with Crippen LogP contribution in [0.3, 0.4) is 0 Å². The number of pyridine rings is 1. The largest absolute Gasteiger partial charge is 0.497 e. The second-order valence-electron chi connectivity index (χ2n) is 5.43. The van der Waals surface area contributed by atoms with E-state index in [-0.39, 0.29) is 11.2 Å². The van der Waals surface area contributed by atoms with Gasteiger partial charge in [0.15, 0.2) is 0 Å². The zero-order chi connectivity index (χ0) is 13.6. The third kappa shape index (κ3) is 2.22. The maximum Gasteiger partial charge on any atom is 0.497 e. The predicted molar refractivity (Wildman–Crippen MR) is 74.5 cm³/mol. The van der Waals surface area contributed by atoms with Gasteiger partial charge in [0.1, 0.15) is 5.82 Å². The number of hydrogen-bond donors (Lipinski definition) is 1. The number of rotatable bonds is 2. The lowest BCUT2D eigenvalue weighted by atomic mass is 9.80. The van der Waals surface area contributed by atoms with E-state index in [0.717, 1.165) is 11.3 Å². The van der Waals surface area contributed by atoms with Gasteiger partial charge in [0, 0.05) is 23.7 Å². The number of aromatic nitrogens is 1. The zero-order valence-corrected chi connectivity index (χ0v) is 12.1. The van der Waals surface area contributed by atoms with Crippen LogP contribution in [0.4, 0.5) is 5.82 Å². The molecule has 2 heterocycles. The van der Waals surface area contributed by atoms with Crippen LogP contribution < -0.4 is 10.8 Å². The molecular weight excluding hydrogens is 250 g/mol. The standard InChI is InChI=1S/C12H18BClN2O2/c1-11(2)12(3,4)18-13(17-11)8-7-16-10(15-5)6-9(8)14/h6-7H,1-5H3,(H,15,16). The summed E-state index contributed by atoms with van der Waals surface area (Å²) in [4.78, 5) is 4.24. The number of halogens is 1. The van der Waals surface area contributed by atoms with Gasteiger partial charge in [-0.15, -0.1) is 0 Å². The van der Waals surface area contributed by atoms with E-state index in [2.05, 4.69) is 10.3 Å². The number of nitrogens with zero attached hydrogens (tertiary/aromatic N) is 1. The first-order valence-electron chi connectivity index (χ1n) is 5.96. The SMILES string of the molecule is CNc1cc(Cl)c(B2OC(C)(C)C(C)(C)O2)cn1. The molecule has 1 aliphatic heterocycles. The highest BCUT2D eigenvalue weighted by atomic mass is 35.5. The van der Waals surface area contributed by atoms with Crippen molar-refractivity contribution in [1.82, 2.24) is 4.98 Å². The third-order valence-electron chi connectivity index (χ3n) is 3.65. The van der Waals surface area contributed by atoms with Crippen molar-refractivity contribution < 1.29 is 9.31 Å². The van der Waals surface area contributed by atoms with Crippen LogP contribution in [-0.2, 0) is 9.31 Å². The minimum Gasteiger partial charge on any atom is -0.399 e. The molecule has 98 valence electrons. The normalized spacial score (nSPS) is 21.1. The molecular formula is C12H18BClN2O2. The smallest absolute Gasteiger partial charge is 0.399 e. The van der Waals surface area contributed by atoms with Gasteiger partial charge in [-0.2, -0.15) is 0 Å². The van der Waals surface area contributed by atoms with E-state index in [1.54, 1.807) is 19.3 Å². The second kappa shape index (κ2) is 4.40. The molecule has 0 unspecified atom stereocenters. The van der Waals surface area contributed by atoms with Crippen LogP contribution in [0.1, 0.15) is 27.7 Å². The average molecular weight is 269 g/mol. The molecule has 1 aromatic heterocycles. The molecule has 1 aromatic rings. The molecule has 1 aliphatic rings. The van der Waals surface area contributed by atoms with Crippen LogP contribution in [0.2, 0.25) is 5.02 Å². The Labute approximate surface area is 113 Å². The Kier molecular flexibility index (Phi) is 3.34. The lowest BCUT2D eigenvalue weighted by Crippen LogP contribution is -2.41. The summed E-state index contributed by atoms with van der Waals surface area (Å²) in [6.07, 6.45) is 1.69. The molecule has 2 rings (SSSR count). The predicted octanol–water partition coefficient (Wildman–Crippen LogP) is 2.08. The van der Waals surface area contributed by atoms with Gasteiger partial charge in [-0.25, -0.2) is 4.98 Å². The van der Waals surface area contributed by atoms with E-state index >= 15 is 0 Å². The van der Waals surface area contributed by atoms with Crippen molar-refractivity contribution in [3.05, 3.63) is 17.3 Å². The van der Waals surface area contributed by atoms with Crippen molar-refractivity contribution in [2.24, 2.45) is 0 Å². The van der Waals surface area contributed by atoms with Gasteiger partial charge in [0.2, 0.25) is 0 Å². The molecule has 1 N–H and O–H groups in total. The maximum atomic E-state index is 6.23. The van der Waals surface area contributed by atoms with Crippen molar-refractivity contribution in [2.75, 3.05) is 12.4 Å². The van der Waals surface area contributed by atoms with E-state index in [9.17, 15) is 0 Å². The van der Waals surface area contributed by atoms with Crippen LogP contribution in [0.5, 0.6) is 0 Å². The number of nitrogens with one attached hydrogen (secondary N) is 1. The summed E-state index contributed by atoms with van der Waals surface area (Å²) >= 11 is 6.23. The molecule has 0 aliphatic carbocycles. The molecule has 1 fully saturated rings. The van der Waals surface area contributed by atoms with Gasteiger partial charge >= 0.3 is 7.12 Å². The van der Waals surface area contributed by atoms with Crippen molar-refractivity contribution in [3.63, 3.8) is 0 Å². The lowest BCUT2D eigenvalue weighted by molar-refractivity contribution is 0.00578. The molecule has 0 radical (unpaired) electrons. The van der Waals surface area contributed by atoms with Gasteiger partial charge in [-0.05, 0) is 33.8 Å². The Bertz CT molecular complexity index is 449. The topological polar surface area (TPSA) is 43.4 Å². The summed E-state index contributed by atoms with van der Waals surface area (Å²) in [5.74, 6) is 0.722. The number of anilines is 1. The second-order valence-corrected chi connectivity index (χ2v) is 5.84. The first-order chi connectivity index (χ1) is 8.27. The molecule has 4 nitrogen and oxygen atoms in total. The quantitative estimate of drug-likeness (QED) is 0.834. The Morgan fingerprint density at radius 2 is 1.78 bits per heavy atom. The fraction of sp³-hybridized carbons (Fsp3) is 0.583. The minimum atomic E-state index is -0.471. The number of hydrogen-bond acceptors (Lipinski definition) is 4. The summed E-state index contributed by atoms with van der Waals surface area (Å²) in [7, 11) is 1.33. The van der Waals surface area contributed by atoms with Crippen LogP contribution in [0.25, 0.3) is 0 Å². The van der Waals surface area contributed by atoms with Gasteiger partial charge in [-0.1, -0.05) is 11.6 Å². The highest BCUT2D eigenvalue weighted by Crippen LogP contribution is 2.36. The fourth-order valence-electron chi connectivity index (χ4n) is 1.72. The highest BCUT2D eigenvalue weighted by Gasteiger charge is 2.52. The van der Waals surface area contributed by atoms with Crippen molar-refractivity contribution >= 4 is 30.0 Å². The summed E-state index contributed by atoms with van der Waals surface area (Å²) < 4.78 is 11.9. The summed E-state index contributed by atoms with van der Waals surface area (Å²) in [6, 6.07) is 1.77. The van der Waals surface area contributed by atoms with Gasteiger partial charge in [-0.3, -0.25) is 0 Å². The monoisotopic (exact) mass is 268 g/mol. The van der Waals surface area contributed by atoms with E-state index in [4.69, 9.17) is 20.9 Å². The molecule has 0 bridgehead atoms. The van der Waals surface area contributed by atoms with Crippen molar-refractivity contribution in [1.29, 1.82) is 0 Å². The molecule has 0 atom stereocenters. The first-order valence-corrected chi connectivity index (χ1v) is 6.33. The van der Waals surface area contributed by atoms with Gasteiger partial charge < -0.3 is 14.6 Å². The van der Waals surface area contributed by atoms with Crippen molar-refractivity contribution in [3.8, 4) is 0 Å². The Balaban J connectivity index is 2.30. The fourth-order valence-corrected chi connectivity index (χ4v) is 1.96. The van der Waals surface area contributed by atoms with E-state index in [1.807, 2.05) is 27.7 Å². The van der Waals surface area contributed by atoms with E-state index < -0.39 is 7.12 Å². The summed E-state index contributed by atoms with van der Waals surface area (Å²) in [5.41, 5.74) is 0.0139. The summed E-state index contributed by atoms with van der Waals surface area (Å²) in [5, 5.41) is 3.53. The van der Waals surface area contributed by atoms with Crippen molar-refractivity contribution in [2.45, 2.75) is 38.9 Å². The van der Waals surface area contributed by atoms with Gasteiger partial charge in [0.05, 0.1) is 11.2 Å². The molecule has 1 saturated heterocycles. The maximum absolute atomic E-state index is 6.23. The Morgan fingerprint density at radius 3 is 2.22 bits per heavy atom. The van der Waals surface area contributed by atoms with Crippen LogP contribution in [0, 0.1) is 0 Å². The minimum absolute atomic E-state index is 0.372. The van der Waals surface area contributed by atoms with Crippen LogP contribution in [0.15, 0.2) is 12.3 Å². The Hall–Kier alpha value is -0.775. The molecule has 0 amide bonds. The first kappa shape index (κ1) is 13.7. The van der Waals surface area contributed by atoms with Gasteiger partial charge in [0.25, 0.3) is 0 Å². The molecule has 6 heteroatoms. The van der Waals surface area contributed by atoms with E-state index in [0.29, 0.717) is 5.02 Å². The third-order valence-corrected chi connectivity index (χ3v) is 3.97. The summed E-state index contributed by atoms with van der Waals surface area (Å²) in [6.45, 7) is 8.04. The molecule has 18 heavy (non-hydrogen) atoms. The molecule has 0 spiro atoms. The molecule has 0 saturated carbocycles. The highest BCUT2D eigenvalue weighted by molar-refractivity contribution is 6.65. The average Bonchev–Trinajstić information content (AvgIpc) is 2.47. The molecule has 0 aromatic carbocycles. The zero-order valence-electron chi connectivity index (χ0n) is 11.4. The van der Waals surface area contributed by atoms with Crippen LogP contribution in [-0.4, -0.2) is 30.4 Å². The van der Waals surface area contributed by atoms with E-state index in [1.165, 1.54) is 0 Å².